The fourth-order valence-corrected chi connectivity index (χ4v) is 3.37. The third kappa shape index (κ3) is 3.15. The largest absolute Gasteiger partial charge is 0.444 e. The first-order chi connectivity index (χ1) is 11.4. The molecule has 0 saturated heterocycles. The SMILES string of the molecule is CC(C)(C)OC(=O)NC(CN)C1c2ccccc2-c2ccccc21. The summed E-state index contributed by atoms with van der Waals surface area (Å²) in [6, 6.07) is 16.4. The number of benzene rings is 2. The minimum Gasteiger partial charge on any atom is -0.444 e. The average Bonchev–Trinajstić information content (AvgIpc) is 2.86. The molecule has 1 unspecified atom stereocenters. The Balaban J connectivity index is 1.93. The lowest BCUT2D eigenvalue weighted by molar-refractivity contribution is 0.0502. The van der Waals surface area contributed by atoms with Crippen molar-refractivity contribution in [1.29, 1.82) is 0 Å². The molecular weight excluding hydrogens is 300 g/mol. The summed E-state index contributed by atoms with van der Waals surface area (Å²) in [6.07, 6.45) is -0.431. The van der Waals surface area contributed by atoms with Gasteiger partial charge in [0.2, 0.25) is 0 Å². The summed E-state index contributed by atoms with van der Waals surface area (Å²) >= 11 is 0. The van der Waals surface area contributed by atoms with Crippen molar-refractivity contribution < 1.29 is 9.53 Å². The van der Waals surface area contributed by atoms with Crippen molar-refractivity contribution in [3.63, 3.8) is 0 Å². The maximum absolute atomic E-state index is 12.2. The number of hydrogen-bond acceptors (Lipinski definition) is 3. The first-order valence-electron chi connectivity index (χ1n) is 8.28. The van der Waals surface area contributed by atoms with Gasteiger partial charge >= 0.3 is 6.09 Å². The van der Waals surface area contributed by atoms with E-state index in [0.29, 0.717) is 6.54 Å². The highest BCUT2D eigenvalue weighted by Gasteiger charge is 2.34. The minimum absolute atomic E-state index is 0.0370. The Morgan fingerprint density at radius 3 is 2.04 bits per heavy atom. The predicted molar refractivity (Wildman–Crippen MR) is 95.9 cm³/mol. The molecule has 24 heavy (non-hydrogen) atoms. The number of carbonyl (C=O) groups excluding carboxylic acids is 1. The Hall–Kier alpha value is -2.33. The monoisotopic (exact) mass is 324 g/mol. The van der Waals surface area contributed by atoms with E-state index >= 15 is 0 Å². The lowest BCUT2D eigenvalue weighted by atomic mass is 9.89. The smallest absolute Gasteiger partial charge is 0.407 e. The number of ether oxygens (including phenoxy) is 1. The van der Waals surface area contributed by atoms with Gasteiger partial charge in [0.05, 0.1) is 6.04 Å². The van der Waals surface area contributed by atoms with E-state index in [1.807, 2.05) is 45.0 Å². The van der Waals surface area contributed by atoms with Crippen LogP contribution in [0.4, 0.5) is 4.79 Å². The van der Waals surface area contributed by atoms with E-state index in [2.05, 4.69) is 29.6 Å². The van der Waals surface area contributed by atoms with Crippen LogP contribution in [-0.2, 0) is 4.74 Å². The highest BCUT2D eigenvalue weighted by Crippen LogP contribution is 2.45. The Morgan fingerprint density at radius 2 is 1.58 bits per heavy atom. The first kappa shape index (κ1) is 16.5. The second-order valence-electron chi connectivity index (χ2n) is 7.14. The number of carbonyl (C=O) groups is 1. The zero-order valence-corrected chi connectivity index (χ0v) is 14.4. The van der Waals surface area contributed by atoms with Crippen LogP contribution in [0.3, 0.4) is 0 Å². The molecule has 1 atom stereocenters. The van der Waals surface area contributed by atoms with Gasteiger partial charge < -0.3 is 15.8 Å². The van der Waals surface area contributed by atoms with E-state index in [9.17, 15) is 4.79 Å². The van der Waals surface area contributed by atoms with Gasteiger partial charge in [-0.05, 0) is 43.0 Å². The molecule has 1 amide bonds. The Morgan fingerprint density at radius 1 is 1.08 bits per heavy atom. The molecule has 1 aliphatic rings. The summed E-state index contributed by atoms with van der Waals surface area (Å²) in [5.74, 6) is 0.0370. The molecule has 3 N–H and O–H groups in total. The molecule has 0 aromatic heterocycles. The Labute approximate surface area is 143 Å². The van der Waals surface area contributed by atoms with Crippen molar-refractivity contribution in [3.8, 4) is 11.1 Å². The maximum Gasteiger partial charge on any atom is 0.407 e. The number of amides is 1. The number of nitrogens with two attached hydrogens (primary N) is 1. The van der Waals surface area contributed by atoms with Crippen molar-refractivity contribution in [1.82, 2.24) is 5.32 Å². The van der Waals surface area contributed by atoms with Crippen LogP contribution < -0.4 is 11.1 Å². The van der Waals surface area contributed by atoms with Crippen LogP contribution in [0.1, 0.15) is 37.8 Å². The standard InChI is InChI=1S/C20H24N2O2/c1-20(2,3)24-19(23)22-17(12-21)18-15-10-6-4-8-13(15)14-9-5-7-11-16(14)18/h4-11,17-18H,12,21H2,1-3H3,(H,22,23). The zero-order chi connectivity index (χ0) is 17.3. The average molecular weight is 324 g/mol. The molecule has 0 aliphatic heterocycles. The summed E-state index contributed by atoms with van der Waals surface area (Å²) < 4.78 is 5.40. The van der Waals surface area contributed by atoms with Gasteiger partial charge in [0.15, 0.2) is 0 Å². The molecule has 2 aromatic carbocycles. The summed E-state index contributed by atoms with van der Waals surface area (Å²) in [5, 5.41) is 2.96. The molecule has 126 valence electrons. The first-order valence-corrected chi connectivity index (χ1v) is 8.28. The van der Waals surface area contributed by atoms with Crippen LogP contribution >= 0.6 is 0 Å². The van der Waals surface area contributed by atoms with Crippen LogP contribution in [0, 0.1) is 0 Å². The van der Waals surface area contributed by atoms with Crippen molar-refractivity contribution in [3.05, 3.63) is 59.7 Å². The summed E-state index contributed by atoms with van der Waals surface area (Å²) in [7, 11) is 0. The zero-order valence-electron chi connectivity index (χ0n) is 14.4. The summed E-state index contributed by atoms with van der Waals surface area (Å²) in [4.78, 5) is 12.2. The van der Waals surface area contributed by atoms with Gasteiger partial charge in [-0.2, -0.15) is 0 Å². The Bertz CT molecular complexity index is 704. The minimum atomic E-state index is -0.533. The van der Waals surface area contributed by atoms with E-state index < -0.39 is 11.7 Å². The lowest BCUT2D eigenvalue weighted by Crippen LogP contribution is -2.46. The number of hydrogen-bond donors (Lipinski definition) is 2. The van der Waals surface area contributed by atoms with Crippen molar-refractivity contribution >= 4 is 6.09 Å². The van der Waals surface area contributed by atoms with Gasteiger partial charge in [-0.1, -0.05) is 48.5 Å². The third-order valence-electron chi connectivity index (χ3n) is 4.24. The highest BCUT2D eigenvalue weighted by atomic mass is 16.6. The van der Waals surface area contributed by atoms with Crippen LogP contribution in [0.15, 0.2) is 48.5 Å². The fourth-order valence-electron chi connectivity index (χ4n) is 3.37. The van der Waals surface area contributed by atoms with Gasteiger partial charge in [0.25, 0.3) is 0 Å². The molecule has 0 fully saturated rings. The second kappa shape index (κ2) is 6.29. The molecule has 0 spiro atoms. The van der Waals surface area contributed by atoms with Crippen molar-refractivity contribution in [2.45, 2.75) is 38.3 Å². The van der Waals surface area contributed by atoms with Crippen molar-refractivity contribution in [2.75, 3.05) is 6.54 Å². The van der Waals surface area contributed by atoms with Gasteiger partial charge in [-0.25, -0.2) is 4.79 Å². The fraction of sp³-hybridized carbons (Fsp3) is 0.350. The second-order valence-corrected chi connectivity index (χ2v) is 7.14. The lowest BCUT2D eigenvalue weighted by Gasteiger charge is -2.27. The summed E-state index contributed by atoms with van der Waals surface area (Å²) in [5.41, 5.74) is 10.3. The highest BCUT2D eigenvalue weighted by molar-refractivity contribution is 5.79. The van der Waals surface area contributed by atoms with Gasteiger partial charge in [0.1, 0.15) is 5.60 Å². The van der Waals surface area contributed by atoms with E-state index in [1.54, 1.807) is 0 Å². The molecule has 1 aliphatic carbocycles. The van der Waals surface area contributed by atoms with E-state index in [1.165, 1.54) is 22.3 Å². The third-order valence-corrected chi connectivity index (χ3v) is 4.24. The molecule has 0 radical (unpaired) electrons. The maximum atomic E-state index is 12.2. The number of alkyl carbamates (subject to hydrolysis) is 1. The van der Waals surface area contributed by atoms with E-state index in [4.69, 9.17) is 10.5 Å². The summed E-state index contributed by atoms with van der Waals surface area (Å²) in [6.45, 7) is 5.89. The molecule has 0 saturated carbocycles. The normalized spacial score (nSPS) is 14.7. The molecule has 4 heteroatoms. The quantitative estimate of drug-likeness (QED) is 0.906. The van der Waals surface area contributed by atoms with Gasteiger partial charge in [-0.15, -0.1) is 0 Å². The predicted octanol–water partition coefficient (Wildman–Crippen LogP) is 3.65. The number of rotatable bonds is 3. The molecular formula is C20H24N2O2. The molecule has 0 heterocycles. The van der Waals surface area contributed by atoms with Crippen LogP contribution in [0.5, 0.6) is 0 Å². The molecule has 4 nitrogen and oxygen atoms in total. The Kier molecular flexibility index (Phi) is 4.33. The van der Waals surface area contributed by atoms with E-state index in [0.717, 1.165) is 0 Å². The van der Waals surface area contributed by atoms with E-state index in [-0.39, 0.29) is 12.0 Å². The van der Waals surface area contributed by atoms with Gasteiger partial charge in [-0.3, -0.25) is 0 Å². The molecule has 2 aromatic rings. The van der Waals surface area contributed by atoms with Gasteiger partial charge in [0, 0.05) is 12.5 Å². The molecule has 3 rings (SSSR count). The van der Waals surface area contributed by atoms with Crippen LogP contribution in [-0.4, -0.2) is 24.3 Å². The number of fused-ring (bicyclic) bond motifs is 3. The van der Waals surface area contributed by atoms with Crippen LogP contribution in [0.25, 0.3) is 11.1 Å². The number of nitrogens with one attached hydrogen (secondary N) is 1. The van der Waals surface area contributed by atoms with Crippen molar-refractivity contribution in [2.24, 2.45) is 5.73 Å². The topological polar surface area (TPSA) is 64.3 Å². The molecule has 0 bridgehead atoms. The van der Waals surface area contributed by atoms with Crippen LogP contribution in [0.2, 0.25) is 0 Å².